The zero-order chi connectivity index (χ0) is 16.4. The van der Waals surface area contributed by atoms with Crippen molar-refractivity contribution in [1.29, 1.82) is 0 Å². The molecule has 0 aliphatic carbocycles. The van der Waals surface area contributed by atoms with Gasteiger partial charge in [0.2, 0.25) is 0 Å². The second kappa shape index (κ2) is 6.47. The summed E-state index contributed by atoms with van der Waals surface area (Å²) in [5.74, 6) is -0.174. The van der Waals surface area contributed by atoms with Crippen LogP contribution in [0.25, 0.3) is 10.9 Å². The van der Waals surface area contributed by atoms with E-state index >= 15 is 0 Å². The highest BCUT2D eigenvalue weighted by atomic mass is 32.1. The summed E-state index contributed by atoms with van der Waals surface area (Å²) in [4.78, 5) is 30.9. The number of carbonyl (C=O) groups is 1. The van der Waals surface area contributed by atoms with E-state index in [0.717, 1.165) is 11.3 Å². The van der Waals surface area contributed by atoms with Gasteiger partial charge in [0.1, 0.15) is 0 Å². The van der Waals surface area contributed by atoms with Crippen molar-refractivity contribution < 1.29 is 4.79 Å². The van der Waals surface area contributed by atoms with Gasteiger partial charge in [0, 0.05) is 10.4 Å². The van der Waals surface area contributed by atoms with Crippen LogP contribution < -0.4 is 10.9 Å². The summed E-state index contributed by atoms with van der Waals surface area (Å²) < 4.78 is 0.241. The summed E-state index contributed by atoms with van der Waals surface area (Å²) in [5.41, 5.74) is 0.778. The first-order valence-corrected chi connectivity index (χ1v) is 8.48. The number of nitrogens with one attached hydrogen (secondary N) is 3. The Kier molecular flexibility index (Phi) is 4.40. The molecule has 23 heavy (non-hydrogen) atoms. The molecule has 118 valence electrons. The fourth-order valence-corrected chi connectivity index (χ4v) is 3.48. The molecule has 3 N–H and O–H groups in total. The number of aromatic nitrogens is 2. The first kappa shape index (κ1) is 15.6. The Labute approximate surface area is 141 Å². The van der Waals surface area contributed by atoms with E-state index in [4.69, 9.17) is 12.2 Å². The molecule has 0 aliphatic heterocycles. The number of hydrogen-bond donors (Lipinski definition) is 3. The van der Waals surface area contributed by atoms with E-state index in [1.807, 2.05) is 24.4 Å². The minimum atomic E-state index is -0.263. The van der Waals surface area contributed by atoms with Crippen LogP contribution in [0.1, 0.15) is 34.6 Å². The Hall–Kier alpha value is -2.25. The van der Waals surface area contributed by atoms with E-state index < -0.39 is 0 Å². The maximum atomic E-state index is 12.5. The van der Waals surface area contributed by atoms with E-state index in [-0.39, 0.29) is 22.3 Å². The molecule has 1 unspecified atom stereocenters. The maximum Gasteiger partial charge on any atom is 0.259 e. The standard InChI is InChI=1S/C16H15N3O2S2/c1-2-11(13-4-3-7-23-13)17-14(20)9-5-6-10-12(8-9)18-16(22)19-15(10)21/h3-8,11H,2H2,1H3,(H,17,20)(H2,18,19,21,22). The average Bonchev–Trinajstić information content (AvgIpc) is 3.05. The molecule has 0 fully saturated rings. The van der Waals surface area contributed by atoms with Gasteiger partial charge in [0.15, 0.2) is 4.77 Å². The van der Waals surface area contributed by atoms with Crippen LogP contribution in [0.4, 0.5) is 0 Å². The van der Waals surface area contributed by atoms with Gasteiger partial charge in [-0.25, -0.2) is 0 Å². The molecule has 5 nitrogen and oxygen atoms in total. The fourth-order valence-electron chi connectivity index (χ4n) is 2.42. The smallest absolute Gasteiger partial charge is 0.259 e. The third-order valence-electron chi connectivity index (χ3n) is 3.60. The topological polar surface area (TPSA) is 77.8 Å². The van der Waals surface area contributed by atoms with Gasteiger partial charge in [-0.05, 0) is 48.3 Å². The van der Waals surface area contributed by atoms with Crippen molar-refractivity contribution in [2.24, 2.45) is 0 Å². The first-order valence-electron chi connectivity index (χ1n) is 7.19. The predicted molar refractivity (Wildman–Crippen MR) is 94.6 cm³/mol. The highest BCUT2D eigenvalue weighted by Gasteiger charge is 2.15. The van der Waals surface area contributed by atoms with Crippen LogP contribution in [0.2, 0.25) is 0 Å². The predicted octanol–water partition coefficient (Wildman–Crippen LogP) is 3.53. The van der Waals surface area contributed by atoms with Crippen LogP contribution in [0.5, 0.6) is 0 Å². The lowest BCUT2D eigenvalue weighted by molar-refractivity contribution is 0.0936. The Morgan fingerprint density at radius 1 is 1.35 bits per heavy atom. The molecular weight excluding hydrogens is 330 g/mol. The zero-order valence-electron chi connectivity index (χ0n) is 12.4. The summed E-state index contributed by atoms with van der Waals surface area (Å²) in [6.45, 7) is 2.03. The summed E-state index contributed by atoms with van der Waals surface area (Å²) in [5, 5.41) is 5.49. The molecule has 1 atom stereocenters. The van der Waals surface area contributed by atoms with Gasteiger partial charge in [-0.2, -0.15) is 0 Å². The largest absolute Gasteiger partial charge is 0.344 e. The lowest BCUT2D eigenvalue weighted by Gasteiger charge is -2.15. The molecule has 0 saturated heterocycles. The zero-order valence-corrected chi connectivity index (χ0v) is 14.0. The number of thiophene rings is 1. The Balaban J connectivity index is 1.92. The van der Waals surface area contributed by atoms with E-state index in [1.165, 1.54) is 0 Å². The molecule has 2 aromatic heterocycles. The summed E-state index contributed by atoms with van der Waals surface area (Å²) >= 11 is 6.59. The molecule has 0 saturated carbocycles. The third kappa shape index (κ3) is 3.25. The highest BCUT2D eigenvalue weighted by Crippen LogP contribution is 2.22. The van der Waals surface area contributed by atoms with Crippen molar-refractivity contribution in [3.8, 4) is 0 Å². The van der Waals surface area contributed by atoms with Gasteiger partial charge in [-0.15, -0.1) is 11.3 Å². The Morgan fingerprint density at radius 2 is 2.17 bits per heavy atom. The average molecular weight is 345 g/mol. The van der Waals surface area contributed by atoms with E-state index in [2.05, 4.69) is 15.3 Å². The van der Waals surface area contributed by atoms with Crippen LogP contribution in [-0.4, -0.2) is 15.9 Å². The van der Waals surface area contributed by atoms with Crippen molar-refractivity contribution >= 4 is 40.4 Å². The molecule has 3 aromatic rings. The highest BCUT2D eigenvalue weighted by molar-refractivity contribution is 7.71. The molecular formula is C16H15N3O2S2. The number of rotatable bonds is 4. The lowest BCUT2D eigenvalue weighted by Crippen LogP contribution is -2.27. The van der Waals surface area contributed by atoms with Gasteiger partial charge >= 0.3 is 0 Å². The van der Waals surface area contributed by atoms with Crippen molar-refractivity contribution in [3.05, 3.63) is 61.3 Å². The molecule has 2 heterocycles. The van der Waals surface area contributed by atoms with E-state index in [0.29, 0.717) is 16.5 Å². The third-order valence-corrected chi connectivity index (χ3v) is 4.79. The minimum Gasteiger partial charge on any atom is -0.344 e. The number of amides is 1. The van der Waals surface area contributed by atoms with Crippen LogP contribution in [0.3, 0.4) is 0 Å². The van der Waals surface area contributed by atoms with Crippen molar-refractivity contribution in [1.82, 2.24) is 15.3 Å². The molecule has 0 radical (unpaired) electrons. The monoisotopic (exact) mass is 345 g/mol. The van der Waals surface area contributed by atoms with Gasteiger partial charge in [-0.3, -0.25) is 14.6 Å². The molecule has 0 bridgehead atoms. The fraction of sp³-hybridized carbons (Fsp3) is 0.188. The molecule has 3 rings (SSSR count). The summed E-state index contributed by atoms with van der Waals surface area (Å²) in [6, 6.07) is 8.88. The quantitative estimate of drug-likeness (QED) is 0.633. The summed E-state index contributed by atoms with van der Waals surface area (Å²) in [6.07, 6.45) is 0.807. The van der Waals surface area contributed by atoms with Crippen LogP contribution in [0.15, 0.2) is 40.5 Å². The molecule has 1 amide bonds. The number of aromatic amines is 2. The molecule has 7 heteroatoms. The normalized spacial score (nSPS) is 12.2. The molecule has 0 aliphatic rings. The van der Waals surface area contributed by atoms with Crippen LogP contribution in [0, 0.1) is 4.77 Å². The Bertz CT molecular complexity index is 957. The number of carbonyl (C=O) groups excluding carboxylic acids is 1. The lowest BCUT2D eigenvalue weighted by atomic mass is 10.1. The minimum absolute atomic E-state index is 0.0177. The number of fused-ring (bicyclic) bond motifs is 1. The maximum absolute atomic E-state index is 12.5. The van der Waals surface area contributed by atoms with Crippen molar-refractivity contribution in [3.63, 3.8) is 0 Å². The van der Waals surface area contributed by atoms with Crippen LogP contribution in [-0.2, 0) is 0 Å². The number of hydrogen-bond acceptors (Lipinski definition) is 4. The van der Waals surface area contributed by atoms with Gasteiger partial charge in [-0.1, -0.05) is 13.0 Å². The molecule has 0 spiro atoms. The second-order valence-electron chi connectivity index (χ2n) is 5.12. The van der Waals surface area contributed by atoms with Gasteiger partial charge in [0.25, 0.3) is 11.5 Å². The second-order valence-corrected chi connectivity index (χ2v) is 6.51. The van der Waals surface area contributed by atoms with Crippen molar-refractivity contribution in [2.45, 2.75) is 19.4 Å². The van der Waals surface area contributed by atoms with Crippen molar-refractivity contribution in [2.75, 3.05) is 0 Å². The van der Waals surface area contributed by atoms with Gasteiger partial charge in [0.05, 0.1) is 16.9 Å². The van der Waals surface area contributed by atoms with Crippen LogP contribution >= 0.6 is 23.6 Å². The summed E-state index contributed by atoms with van der Waals surface area (Å²) in [7, 11) is 0. The van der Waals surface area contributed by atoms with E-state index in [1.54, 1.807) is 29.5 Å². The molecule has 1 aromatic carbocycles. The van der Waals surface area contributed by atoms with E-state index in [9.17, 15) is 9.59 Å². The van der Waals surface area contributed by atoms with Gasteiger partial charge < -0.3 is 10.3 Å². The number of H-pyrrole nitrogens is 2. The SMILES string of the molecule is CCC(NC(=O)c1ccc2c(=O)[nH]c(=S)[nH]c2c1)c1cccs1. The number of benzene rings is 1. The Morgan fingerprint density at radius 3 is 2.87 bits per heavy atom. The first-order chi connectivity index (χ1) is 11.1.